The van der Waals surface area contributed by atoms with E-state index in [1.54, 1.807) is 0 Å². The van der Waals surface area contributed by atoms with Crippen molar-refractivity contribution in [3.8, 4) is 0 Å². The fraction of sp³-hybridized carbons (Fsp3) is 0.500. The van der Waals surface area contributed by atoms with E-state index < -0.39 is 0 Å². The Kier molecular flexibility index (Phi) is 6.48. The van der Waals surface area contributed by atoms with Crippen molar-refractivity contribution in [3.05, 3.63) is 36.1 Å². The summed E-state index contributed by atoms with van der Waals surface area (Å²) in [5, 5.41) is 7.48. The van der Waals surface area contributed by atoms with Gasteiger partial charge in [-0.3, -0.25) is 4.79 Å². The lowest BCUT2D eigenvalue weighted by atomic mass is 9.93. The van der Waals surface area contributed by atoms with Crippen LogP contribution in [0.25, 0.3) is 11.0 Å². The molecule has 1 amide bonds. The number of carbonyl (C=O) groups is 1. The summed E-state index contributed by atoms with van der Waals surface area (Å²) in [6, 6.07) is 9.83. The second-order valence-corrected chi connectivity index (χ2v) is 6.21. The van der Waals surface area contributed by atoms with Crippen molar-refractivity contribution in [2.45, 2.75) is 38.6 Å². The molecule has 1 aliphatic rings. The van der Waals surface area contributed by atoms with E-state index in [1.807, 2.05) is 37.3 Å². The molecule has 0 aliphatic carbocycles. The van der Waals surface area contributed by atoms with E-state index in [1.165, 1.54) is 12.8 Å². The van der Waals surface area contributed by atoms with Crippen molar-refractivity contribution in [2.75, 3.05) is 13.1 Å². The van der Waals surface area contributed by atoms with Crippen LogP contribution >= 0.6 is 12.4 Å². The number of furan rings is 1. The normalized spacial score (nSPS) is 16.7. The highest BCUT2D eigenvalue weighted by molar-refractivity contribution is 5.85. The summed E-state index contributed by atoms with van der Waals surface area (Å²) in [6.45, 7) is 4.14. The van der Waals surface area contributed by atoms with Gasteiger partial charge in [-0.15, -0.1) is 12.4 Å². The zero-order chi connectivity index (χ0) is 15.4. The molecule has 0 spiro atoms. The molecule has 1 atom stereocenters. The number of benzene rings is 1. The van der Waals surface area contributed by atoms with Crippen LogP contribution in [0.3, 0.4) is 0 Å². The second-order valence-electron chi connectivity index (χ2n) is 6.21. The number of carbonyl (C=O) groups excluding carboxylic acids is 1. The Bertz CT molecular complexity index is 602. The lowest BCUT2D eigenvalue weighted by Gasteiger charge is -2.22. The third-order valence-corrected chi connectivity index (χ3v) is 4.49. The van der Waals surface area contributed by atoms with Crippen molar-refractivity contribution in [1.82, 2.24) is 10.6 Å². The third kappa shape index (κ3) is 4.72. The number of fused-ring (bicyclic) bond motifs is 1. The minimum Gasteiger partial charge on any atom is -0.459 e. The van der Waals surface area contributed by atoms with Gasteiger partial charge in [-0.1, -0.05) is 18.2 Å². The molecule has 3 rings (SSSR count). The average molecular weight is 337 g/mol. The van der Waals surface area contributed by atoms with Gasteiger partial charge in [0, 0.05) is 11.8 Å². The summed E-state index contributed by atoms with van der Waals surface area (Å²) >= 11 is 0. The zero-order valence-corrected chi connectivity index (χ0v) is 14.3. The highest BCUT2D eigenvalue weighted by atomic mass is 35.5. The molecule has 4 nitrogen and oxygen atoms in total. The number of nitrogens with one attached hydrogen (secondary N) is 2. The highest BCUT2D eigenvalue weighted by Crippen LogP contribution is 2.24. The highest BCUT2D eigenvalue weighted by Gasteiger charge is 2.17. The maximum absolute atomic E-state index is 12.1. The van der Waals surface area contributed by atoms with Crippen molar-refractivity contribution in [3.63, 3.8) is 0 Å². The van der Waals surface area contributed by atoms with Gasteiger partial charge in [-0.05, 0) is 57.3 Å². The molecule has 2 aromatic rings. The number of piperidine rings is 1. The Morgan fingerprint density at radius 1 is 1.35 bits per heavy atom. The molecule has 1 unspecified atom stereocenters. The fourth-order valence-electron chi connectivity index (χ4n) is 3.11. The molecular formula is C18H25ClN2O2. The van der Waals surface area contributed by atoms with E-state index in [-0.39, 0.29) is 24.4 Å². The number of amides is 1. The lowest BCUT2D eigenvalue weighted by Crippen LogP contribution is -2.30. The van der Waals surface area contributed by atoms with Gasteiger partial charge in [0.15, 0.2) is 0 Å². The Labute approximate surface area is 143 Å². The van der Waals surface area contributed by atoms with Crippen LogP contribution < -0.4 is 10.6 Å². The van der Waals surface area contributed by atoms with Crippen molar-refractivity contribution in [2.24, 2.45) is 5.92 Å². The third-order valence-electron chi connectivity index (χ3n) is 4.49. The molecule has 5 heteroatoms. The molecule has 1 aliphatic heterocycles. The van der Waals surface area contributed by atoms with Crippen molar-refractivity contribution in [1.29, 1.82) is 0 Å². The fourth-order valence-corrected chi connectivity index (χ4v) is 3.11. The van der Waals surface area contributed by atoms with Gasteiger partial charge < -0.3 is 15.1 Å². The van der Waals surface area contributed by atoms with Crippen LogP contribution in [0.1, 0.15) is 44.4 Å². The van der Waals surface area contributed by atoms with Crippen molar-refractivity contribution >= 4 is 29.3 Å². The Hall–Kier alpha value is -1.52. The molecule has 2 heterocycles. The minimum atomic E-state index is -0.0899. The Morgan fingerprint density at radius 2 is 2.09 bits per heavy atom. The lowest BCUT2D eigenvalue weighted by molar-refractivity contribution is -0.122. The molecule has 0 saturated carbocycles. The zero-order valence-electron chi connectivity index (χ0n) is 13.5. The van der Waals surface area contributed by atoms with Crippen LogP contribution in [0.2, 0.25) is 0 Å². The van der Waals surface area contributed by atoms with Gasteiger partial charge in [0.05, 0.1) is 6.04 Å². The summed E-state index contributed by atoms with van der Waals surface area (Å²) in [4.78, 5) is 12.1. The van der Waals surface area contributed by atoms with Gasteiger partial charge >= 0.3 is 0 Å². The summed E-state index contributed by atoms with van der Waals surface area (Å²) in [5.74, 6) is 1.62. The first-order valence-corrected chi connectivity index (χ1v) is 8.21. The first-order chi connectivity index (χ1) is 10.7. The largest absolute Gasteiger partial charge is 0.459 e. The molecule has 2 N–H and O–H groups in total. The SMILES string of the molecule is CC(NC(=O)CCC1CCNCC1)c1cc2ccccc2o1.Cl. The monoisotopic (exact) mass is 336 g/mol. The van der Waals surface area contributed by atoms with Crippen LogP contribution in [0.4, 0.5) is 0 Å². The standard InChI is InChI=1S/C18H24N2O2.ClH/c1-13(17-12-15-4-2-3-5-16(15)22-17)20-18(21)7-6-14-8-10-19-11-9-14;/h2-5,12-14,19H,6-11H2,1H3,(H,20,21);1H. The molecule has 23 heavy (non-hydrogen) atoms. The smallest absolute Gasteiger partial charge is 0.220 e. The maximum atomic E-state index is 12.1. The Balaban J connectivity index is 0.00000192. The second kappa shape index (κ2) is 8.37. The van der Waals surface area contributed by atoms with E-state index in [0.29, 0.717) is 12.3 Å². The number of rotatable bonds is 5. The molecule has 1 fully saturated rings. The van der Waals surface area contributed by atoms with Crippen LogP contribution in [0.5, 0.6) is 0 Å². The molecule has 1 aromatic heterocycles. The summed E-state index contributed by atoms with van der Waals surface area (Å²) < 4.78 is 5.80. The molecule has 1 saturated heterocycles. The maximum Gasteiger partial charge on any atom is 0.220 e. The predicted octanol–water partition coefficient (Wildman–Crippen LogP) is 3.81. The summed E-state index contributed by atoms with van der Waals surface area (Å²) in [6.07, 6.45) is 3.97. The quantitative estimate of drug-likeness (QED) is 0.873. The van der Waals surface area contributed by atoms with E-state index in [0.717, 1.165) is 36.2 Å². The van der Waals surface area contributed by atoms with Crippen LogP contribution in [0.15, 0.2) is 34.7 Å². The number of halogens is 1. The van der Waals surface area contributed by atoms with Gasteiger partial charge in [-0.25, -0.2) is 0 Å². The molecule has 0 bridgehead atoms. The number of hydrogen-bond donors (Lipinski definition) is 2. The minimum absolute atomic E-state index is 0. The van der Waals surface area contributed by atoms with E-state index >= 15 is 0 Å². The molecule has 0 radical (unpaired) electrons. The van der Waals surface area contributed by atoms with Gasteiger partial charge in [0.25, 0.3) is 0 Å². The van der Waals surface area contributed by atoms with Gasteiger partial charge in [-0.2, -0.15) is 0 Å². The van der Waals surface area contributed by atoms with Crippen LogP contribution in [-0.4, -0.2) is 19.0 Å². The summed E-state index contributed by atoms with van der Waals surface area (Å²) in [5.41, 5.74) is 0.869. The summed E-state index contributed by atoms with van der Waals surface area (Å²) in [7, 11) is 0. The average Bonchev–Trinajstić information content (AvgIpc) is 2.98. The van der Waals surface area contributed by atoms with Crippen LogP contribution in [-0.2, 0) is 4.79 Å². The molecule has 1 aromatic carbocycles. The van der Waals surface area contributed by atoms with E-state index in [9.17, 15) is 4.79 Å². The first-order valence-electron chi connectivity index (χ1n) is 8.21. The van der Waals surface area contributed by atoms with Crippen molar-refractivity contribution < 1.29 is 9.21 Å². The van der Waals surface area contributed by atoms with E-state index in [4.69, 9.17) is 4.42 Å². The number of hydrogen-bond acceptors (Lipinski definition) is 3. The van der Waals surface area contributed by atoms with Gasteiger partial charge in [0.2, 0.25) is 5.91 Å². The Morgan fingerprint density at radius 3 is 2.83 bits per heavy atom. The first kappa shape index (κ1) is 17.8. The van der Waals surface area contributed by atoms with Gasteiger partial charge in [0.1, 0.15) is 11.3 Å². The predicted molar refractivity (Wildman–Crippen MR) is 94.8 cm³/mol. The molecule has 126 valence electrons. The molecular weight excluding hydrogens is 312 g/mol. The topological polar surface area (TPSA) is 54.3 Å². The number of para-hydroxylation sites is 1. The van der Waals surface area contributed by atoms with Crippen LogP contribution in [0, 0.1) is 5.92 Å². The van der Waals surface area contributed by atoms with E-state index in [2.05, 4.69) is 10.6 Å².